The lowest BCUT2D eigenvalue weighted by Crippen LogP contribution is -2.25. The van der Waals surface area contributed by atoms with Crippen molar-refractivity contribution in [1.82, 2.24) is 14.9 Å². The van der Waals surface area contributed by atoms with E-state index in [-0.39, 0.29) is 12.0 Å². The Hall–Kier alpha value is -2.28. The van der Waals surface area contributed by atoms with E-state index in [1.165, 1.54) is 0 Å². The summed E-state index contributed by atoms with van der Waals surface area (Å²) in [7, 11) is 0. The van der Waals surface area contributed by atoms with E-state index in [1.807, 2.05) is 32.3 Å². The van der Waals surface area contributed by atoms with E-state index < -0.39 is 0 Å². The third kappa shape index (κ3) is 4.71. The van der Waals surface area contributed by atoms with Crippen LogP contribution in [-0.4, -0.2) is 28.1 Å². The molecule has 2 heterocycles. The molecule has 3 aromatic rings. The average Bonchev–Trinajstić information content (AvgIpc) is 3.23. The number of nitrogens with zero attached hydrogens (tertiary/aromatic N) is 2. The lowest BCUT2D eigenvalue weighted by Gasteiger charge is -2.12. The van der Waals surface area contributed by atoms with Gasteiger partial charge in [0.1, 0.15) is 17.2 Å². The van der Waals surface area contributed by atoms with Crippen molar-refractivity contribution < 1.29 is 13.9 Å². The van der Waals surface area contributed by atoms with Crippen molar-refractivity contribution in [1.29, 1.82) is 0 Å². The van der Waals surface area contributed by atoms with Gasteiger partial charge in [-0.1, -0.05) is 6.92 Å². The summed E-state index contributed by atoms with van der Waals surface area (Å²) in [5.41, 5.74) is 1.15. The number of carbonyl (C=O) groups excluding carboxylic acids is 1. The van der Waals surface area contributed by atoms with Crippen LogP contribution in [0.2, 0.25) is 0 Å². The molecule has 2 aromatic heterocycles. The molecule has 0 atom stereocenters. The summed E-state index contributed by atoms with van der Waals surface area (Å²) in [5.74, 6) is 1.57. The number of aryl methyl sites for hydroxylation is 2. The second-order valence-corrected chi connectivity index (χ2v) is 7.38. The molecule has 144 valence electrons. The van der Waals surface area contributed by atoms with Crippen molar-refractivity contribution in [2.45, 2.75) is 46.3 Å². The highest BCUT2D eigenvalue weighted by atomic mass is 79.9. The minimum Gasteiger partial charge on any atom is -0.490 e. The number of hydrogen-bond acceptors (Lipinski definition) is 4. The van der Waals surface area contributed by atoms with Crippen molar-refractivity contribution in [2.75, 3.05) is 6.54 Å². The molecule has 0 radical (unpaired) electrons. The van der Waals surface area contributed by atoms with Crippen LogP contribution in [0.3, 0.4) is 0 Å². The van der Waals surface area contributed by atoms with Gasteiger partial charge in [0.15, 0.2) is 4.67 Å². The number of nitrogens with one attached hydrogen (secondary N) is 1. The maximum atomic E-state index is 12.6. The lowest BCUT2D eigenvalue weighted by molar-refractivity contribution is 0.0952. The Bertz CT molecular complexity index is 930. The molecular formula is C20H24BrN3O3. The minimum absolute atomic E-state index is 0.00290. The zero-order valence-corrected chi connectivity index (χ0v) is 17.4. The van der Waals surface area contributed by atoms with Crippen LogP contribution >= 0.6 is 15.9 Å². The average molecular weight is 434 g/mol. The highest BCUT2D eigenvalue weighted by molar-refractivity contribution is 9.10. The highest BCUT2D eigenvalue weighted by Crippen LogP contribution is 2.33. The summed E-state index contributed by atoms with van der Waals surface area (Å²) < 4.78 is 14.2. The molecule has 0 aliphatic heterocycles. The number of rotatable bonds is 8. The number of ether oxygens (including phenoxy) is 1. The van der Waals surface area contributed by atoms with E-state index in [0.29, 0.717) is 28.1 Å². The normalized spacial score (nSPS) is 11.3. The molecule has 0 bridgehead atoms. The van der Waals surface area contributed by atoms with Gasteiger partial charge in [0.05, 0.1) is 11.5 Å². The maximum absolute atomic E-state index is 12.6. The second-order valence-electron chi connectivity index (χ2n) is 6.60. The van der Waals surface area contributed by atoms with E-state index >= 15 is 0 Å². The number of hydrogen-bond donors (Lipinski definition) is 1. The Balaban J connectivity index is 1.66. The third-order valence-electron chi connectivity index (χ3n) is 4.17. The van der Waals surface area contributed by atoms with E-state index in [1.54, 1.807) is 12.1 Å². The highest BCUT2D eigenvalue weighted by Gasteiger charge is 2.15. The fraction of sp³-hybridized carbons (Fsp3) is 0.400. The molecule has 0 fully saturated rings. The molecule has 3 rings (SSSR count). The maximum Gasteiger partial charge on any atom is 0.251 e. The monoisotopic (exact) mass is 433 g/mol. The van der Waals surface area contributed by atoms with Gasteiger partial charge in [0.25, 0.3) is 5.91 Å². The van der Waals surface area contributed by atoms with Crippen molar-refractivity contribution in [3.05, 3.63) is 46.7 Å². The van der Waals surface area contributed by atoms with Crippen LogP contribution in [0.25, 0.3) is 11.0 Å². The molecule has 0 aliphatic rings. The standard InChI is InChI=1S/C20H24BrN3O3/c1-4-19-22-7-9-24(19)8-5-6-23-20(25)14-10-16(26-13(2)3)15-12-18(21)27-17(15)11-14/h7,9-13H,4-6,8H2,1-3H3,(H,23,25). The van der Waals surface area contributed by atoms with Crippen LogP contribution in [0.1, 0.15) is 43.4 Å². The van der Waals surface area contributed by atoms with E-state index in [4.69, 9.17) is 9.15 Å². The molecular weight excluding hydrogens is 410 g/mol. The second kappa shape index (κ2) is 8.61. The van der Waals surface area contributed by atoms with Gasteiger partial charge in [-0.15, -0.1) is 0 Å². The number of imidazole rings is 1. The number of amides is 1. The van der Waals surface area contributed by atoms with Gasteiger partial charge in [-0.25, -0.2) is 4.98 Å². The molecule has 1 amide bonds. The zero-order chi connectivity index (χ0) is 19.4. The number of aromatic nitrogens is 2. The minimum atomic E-state index is -0.139. The molecule has 1 N–H and O–H groups in total. The van der Waals surface area contributed by atoms with Gasteiger partial charge in [-0.3, -0.25) is 4.79 Å². The smallest absolute Gasteiger partial charge is 0.251 e. The number of benzene rings is 1. The molecule has 6 nitrogen and oxygen atoms in total. The summed E-state index contributed by atoms with van der Waals surface area (Å²) in [4.78, 5) is 16.9. The number of furan rings is 1. The summed E-state index contributed by atoms with van der Waals surface area (Å²) in [6.45, 7) is 7.40. The van der Waals surface area contributed by atoms with E-state index in [9.17, 15) is 4.79 Å². The number of fused-ring (bicyclic) bond motifs is 1. The number of carbonyl (C=O) groups is 1. The molecule has 0 saturated heterocycles. The van der Waals surface area contributed by atoms with Gasteiger partial charge in [0.2, 0.25) is 0 Å². The van der Waals surface area contributed by atoms with Crippen LogP contribution in [0.5, 0.6) is 5.75 Å². The first-order chi connectivity index (χ1) is 13.0. The third-order valence-corrected chi connectivity index (χ3v) is 4.56. The number of halogens is 1. The van der Waals surface area contributed by atoms with Gasteiger partial charge in [0, 0.05) is 43.5 Å². The molecule has 0 spiro atoms. The Morgan fingerprint density at radius 2 is 2.19 bits per heavy atom. The Morgan fingerprint density at radius 3 is 2.93 bits per heavy atom. The van der Waals surface area contributed by atoms with Crippen molar-refractivity contribution in [2.24, 2.45) is 0 Å². The van der Waals surface area contributed by atoms with E-state index in [0.717, 1.165) is 30.6 Å². The first-order valence-electron chi connectivity index (χ1n) is 9.16. The Labute approximate surface area is 167 Å². The molecule has 0 saturated carbocycles. The molecule has 0 unspecified atom stereocenters. The first kappa shape index (κ1) is 19.5. The summed E-state index contributed by atoms with van der Waals surface area (Å²) in [6.07, 6.45) is 5.52. The largest absolute Gasteiger partial charge is 0.490 e. The van der Waals surface area contributed by atoms with Gasteiger partial charge < -0.3 is 19.0 Å². The molecule has 7 heteroatoms. The fourth-order valence-electron chi connectivity index (χ4n) is 2.97. The van der Waals surface area contributed by atoms with Crippen LogP contribution < -0.4 is 10.1 Å². The SMILES string of the molecule is CCc1nccn1CCCNC(=O)c1cc(OC(C)C)c2cc(Br)oc2c1. The first-order valence-corrected chi connectivity index (χ1v) is 9.95. The Kier molecular flexibility index (Phi) is 6.21. The summed E-state index contributed by atoms with van der Waals surface area (Å²) in [6, 6.07) is 5.36. The lowest BCUT2D eigenvalue weighted by atomic mass is 10.1. The van der Waals surface area contributed by atoms with Gasteiger partial charge in [-0.05, 0) is 48.3 Å². The van der Waals surface area contributed by atoms with Crippen LogP contribution in [0.4, 0.5) is 0 Å². The van der Waals surface area contributed by atoms with Gasteiger partial charge in [-0.2, -0.15) is 0 Å². The van der Waals surface area contributed by atoms with Crippen LogP contribution in [0.15, 0.2) is 39.7 Å². The topological polar surface area (TPSA) is 69.3 Å². The molecule has 1 aromatic carbocycles. The van der Waals surface area contributed by atoms with Crippen LogP contribution in [-0.2, 0) is 13.0 Å². The van der Waals surface area contributed by atoms with Gasteiger partial charge >= 0.3 is 0 Å². The van der Waals surface area contributed by atoms with Crippen molar-refractivity contribution >= 4 is 32.8 Å². The molecule has 0 aliphatic carbocycles. The summed E-state index contributed by atoms with van der Waals surface area (Å²) >= 11 is 3.34. The predicted molar refractivity (Wildman–Crippen MR) is 108 cm³/mol. The zero-order valence-electron chi connectivity index (χ0n) is 15.8. The van der Waals surface area contributed by atoms with Crippen molar-refractivity contribution in [3.63, 3.8) is 0 Å². The Morgan fingerprint density at radius 1 is 1.37 bits per heavy atom. The van der Waals surface area contributed by atoms with Crippen LogP contribution in [0, 0.1) is 0 Å². The van der Waals surface area contributed by atoms with Crippen molar-refractivity contribution in [3.8, 4) is 5.75 Å². The van der Waals surface area contributed by atoms with E-state index in [2.05, 4.69) is 37.7 Å². The fourth-order valence-corrected chi connectivity index (χ4v) is 3.37. The predicted octanol–water partition coefficient (Wildman–Crippen LogP) is 4.56. The summed E-state index contributed by atoms with van der Waals surface area (Å²) in [5, 5.41) is 3.82. The quantitative estimate of drug-likeness (QED) is 0.528. The molecule has 27 heavy (non-hydrogen) atoms.